The zero-order valence-electron chi connectivity index (χ0n) is 6.12. The van der Waals surface area contributed by atoms with E-state index < -0.39 is 6.29 Å². The van der Waals surface area contributed by atoms with Crippen LogP contribution in [0.25, 0.3) is 0 Å². The zero-order chi connectivity index (χ0) is 7.82. The molecule has 0 aliphatic heterocycles. The molecule has 62 valence electrons. The lowest BCUT2D eigenvalue weighted by molar-refractivity contribution is -0.100. The van der Waals surface area contributed by atoms with Crippen molar-refractivity contribution >= 4 is 0 Å². The Morgan fingerprint density at radius 2 is 1.80 bits per heavy atom. The summed E-state index contributed by atoms with van der Waals surface area (Å²) in [4.78, 5) is 0. The molecular formula is C6H14O4. The summed E-state index contributed by atoms with van der Waals surface area (Å²) >= 11 is 0. The van der Waals surface area contributed by atoms with Crippen LogP contribution in [0.1, 0.15) is 6.92 Å². The number of aliphatic hydroxyl groups is 2. The molecule has 0 atom stereocenters. The molecule has 0 bridgehead atoms. The van der Waals surface area contributed by atoms with E-state index in [1.807, 2.05) is 6.92 Å². The van der Waals surface area contributed by atoms with Crippen LogP contribution in [0.2, 0.25) is 0 Å². The van der Waals surface area contributed by atoms with Gasteiger partial charge in [0.25, 0.3) is 0 Å². The predicted octanol–water partition coefficient (Wildman–Crippen LogP) is -0.650. The number of aliphatic hydroxyl groups excluding tert-OH is 1. The molecule has 0 heterocycles. The first-order valence-corrected chi connectivity index (χ1v) is 3.29. The van der Waals surface area contributed by atoms with Gasteiger partial charge in [0.1, 0.15) is 0 Å². The van der Waals surface area contributed by atoms with Crippen molar-refractivity contribution in [2.45, 2.75) is 13.2 Å². The lowest BCUT2D eigenvalue weighted by Gasteiger charge is -2.04. The second-order valence-electron chi connectivity index (χ2n) is 1.75. The minimum absolute atomic E-state index is 0.0485. The number of ether oxygens (including phenoxy) is 2. The SMILES string of the molecule is CCOCCOCC(O)O. The summed E-state index contributed by atoms with van der Waals surface area (Å²) in [5.74, 6) is 0. The summed E-state index contributed by atoms with van der Waals surface area (Å²) in [6.45, 7) is 3.41. The molecule has 0 saturated carbocycles. The van der Waals surface area contributed by atoms with Crippen molar-refractivity contribution in [1.29, 1.82) is 0 Å². The van der Waals surface area contributed by atoms with E-state index in [1.54, 1.807) is 0 Å². The molecule has 0 saturated heterocycles. The molecule has 0 aliphatic rings. The smallest absolute Gasteiger partial charge is 0.175 e. The van der Waals surface area contributed by atoms with Crippen molar-refractivity contribution in [1.82, 2.24) is 0 Å². The normalized spacial score (nSPS) is 10.8. The quantitative estimate of drug-likeness (QED) is 0.390. The molecule has 0 aliphatic carbocycles. The maximum atomic E-state index is 8.30. The molecule has 4 heteroatoms. The third-order valence-electron chi connectivity index (χ3n) is 0.843. The molecule has 0 aromatic carbocycles. The lowest BCUT2D eigenvalue weighted by Crippen LogP contribution is -2.16. The van der Waals surface area contributed by atoms with Gasteiger partial charge in [0.05, 0.1) is 19.8 Å². The molecule has 2 N–H and O–H groups in total. The minimum Gasteiger partial charge on any atom is -0.379 e. The van der Waals surface area contributed by atoms with Crippen LogP contribution in [-0.2, 0) is 9.47 Å². The molecule has 0 radical (unpaired) electrons. The minimum atomic E-state index is -1.37. The van der Waals surface area contributed by atoms with Crippen molar-refractivity contribution in [2.75, 3.05) is 26.4 Å². The van der Waals surface area contributed by atoms with Gasteiger partial charge in [0.2, 0.25) is 0 Å². The molecule has 0 aromatic rings. The first kappa shape index (κ1) is 9.84. The second kappa shape index (κ2) is 6.95. The summed E-state index contributed by atoms with van der Waals surface area (Å²) in [6, 6.07) is 0. The van der Waals surface area contributed by atoms with E-state index in [0.717, 1.165) is 0 Å². The number of hydrogen-bond acceptors (Lipinski definition) is 4. The topological polar surface area (TPSA) is 58.9 Å². The van der Waals surface area contributed by atoms with Crippen LogP contribution < -0.4 is 0 Å². The maximum absolute atomic E-state index is 8.30. The summed E-state index contributed by atoms with van der Waals surface area (Å²) < 4.78 is 9.70. The molecule has 4 nitrogen and oxygen atoms in total. The van der Waals surface area contributed by atoms with E-state index in [0.29, 0.717) is 19.8 Å². The Morgan fingerprint density at radius 3 is 2.30 bits per heavy atom. The van der Waals surface area contributed by atoms with Crippen LogP contribution >= 0.6 is 0 Å². The standard InChI is InChI=1S/C6H14O4/c1-2-9-3-4-10-5-6(7)8/h6-8H,2-5H2,1H3. The Bertz CT molecular complexity index is 64.8. The van der Waals surface area contributed by atoms with E-state index in [-0.39, 0.29) is 6.61 Å². The highest BCUT2D eigenvalue weighted by atomic mass is 16.6. The van der Waals surface area contributed by atoms with Gasteiger partial charge < -0.3 is 19.7 Å². The zero-order valence-corrected chi connectivity index (χ0v) is 6.12. The fourth-order valence-corrected chi connectivity index (χ4v) is 0.451. The highest BCUT2D eigenvalue weighted by molar-refractivity contribution is 4.32. The van der Waals surface area contributed by atoms with E-state index in [9.17, 15) is 0 Å². The van der Waals surface area contributed by atoms with Gasteiger partial charge in [-0.1, -0.05) is 0 Å². The van der Waals surface area contributed by atoms with Gasteiger partial charge in [-0.15, -0.1) is 0 Å². The van der Waals surface area contributed by atoms with E-state index >= 15 is 0 Å². The van der Waals surface area contributed by atoms with Gasteiger partial charge in [-0.25, -0.2) is 0 Å². The monoisotopic (exact) mass is 150 g/mol. The van der Waals surface area contributed by atoms with Crippen molar-refractivity contribution in [2.24, 2.45) is 0 Å². The Hall–Kier alpha value is -0.160. The summed E-state index contributed by atoms with van der Waals surface area (Å²) in [7, 11) is 0. The molecule has 0 aromatic heterocycles. The third-order valence-corrected chi connectivity index (χ3v) is 0.843. The Kier molecular flexibility index (Phi) is 6.84. The highest BCUT2D eigenvalue weighted by Crippen LogP contribution is 1.80. The summed E-state index contributed by atoms with van der Waals surface area (Å²) in [5, 5.41) is 16.6. The maximum Gasteiger partial charge on any atom is 0.175 e. The predicted molar refractivity (Wildman–Crippen MR) is 35.5 cm³/mol. The Labute approximate surface area is 60.4 Å². The lowest BCUT2D eigenvalue weighted by atomic mass is 10.7. The van der Waals surface area contributed by atoms with Crippen molar-refractivity contribution in [3.8, 4) is 0 Å². The van der Waals surface area contributed by atoms with Crippen molar-refractivity contribution in [3.05, 3.63) is 0 Å². The average molecular weight is 150 g/mol. The Balaban J connectivity index is 2.77. The van der Waals surface area contributed by atoms with Crippen LogP contribution in [0.15, 0.2) is 0 Å². The highest BCUT2D eigenvalue weighted by Gasteiger charge is 1.94. The van der Waals surface area contributed by atoms with Crippen LogP contribution in [0, 0.1) is 0 Å². The average Bonchev–Trinajstić information content (AvgIpc) is 1.87. The van der Waals surface area contributed by atoms with Gasteiger partial charge in [-0.3, -0.25) is 0 Å². The Morgan fingerprint density at radius 1 is 1.20 bits per heavy atom. The van der Waals surface area contributed by atoms with Crippen molar-refractivity contribution < 1.29 is 19.7 Å². The molecule has 0 fully saturated rings. The molecule has 0 amide bonds. The fraction of sp³-hybridized carbons (Fsp3) is 1.00. The largest absolute Gasteiger partial charge is 0.379 e. The number of rotatable bonds is 6. The van der Waals surface area contributed by atoms with Gasteiger partial charge in [0, 0.05) is 6.61 Å². The van der Waals surface area contributed by atoms with Crippen LogP contribution in [0.3, 0.4) is 0 Å². The molecule has 0 rings (SSSR count). The van der Waals surface area contributed by atoms with Crippen LogP contribution in [0.5, 0.6) is 0 Å². The molecule has 0 spiro atoms. The van der Waals surface area contributed by atoms with Gasteiger partial charge in [-0.2, -0.15) is 0 Å². The molecule has 10 heavy (non-hydrogen) atoms. The summed E-state index contributed by atoms with van der Waals surface area (Å²) in [5.41, 5.74) is 0. The van der Waals surface area contributed by atoms with Gasteiger partial charge >= 0.3 is 0 Å². The first-order valence-electron chi connectivity index (χ1n) is 3.29. The number of hydrogen-bond donors (Lipinski definition) is 2. The van der Waals surface area contributed by atoms with Crippen LogP contribution in [-0.4, -0.2) is 42.9 Å². The molecule has 0 unspecified atom stereocenters. The van der Waals surface area contributed by atoms with Crippen molar-refractivity contribution in [3.63, 3.8) is 0 Å². The van der Waals surface area contributed by atoms with E-state index in [1.165, 1.54) is 0 Å². The summed E-state index contributed by atoms with van der Waals surface area (Å²) in [6.07, 6.45) is -1.37. The van der Waals surface area contributed by atoms with Gasteiger partial charge in [0.15, 0.2) is 6.29 Å². The van der Waals surface area contributed by atoms with E-state index in [2.05, 4.69) is 0 Å². The van der Waals surface area contributed by atoms with E-state index in [4.69, 9.17) is 19.7 Å². The third kappa shape index (κ3) is 7.84. The second-order valence-corrected chi connectivity index (χ2v) is 1.75. The molecular weight excluding hydrogens is 136 g/mol. The first-order chi connectivity index (χ1) is 4.77. The fourth-order valence-electron chi connectivity index (χ4n) is 0.451. The van der Waals surface area contributed by atoms with Gasteiger partial charge in [-0.05, 0) is 6.92 Å². The van der Waals surface area contributed by atoms with Crippen LogP contribution in [0.4, 0.5) is 0 Å².